The average molecular weight is 395 g/mol. The zero-order valence-corrected chi connectivity index (χ0v) is 17.0. The minimum atomic E-state index is -0.323. The number of fused-ring (bicyclic) bond motifs is 1. The molecule has 0 saturated heterocycles. The van der Waals surface area contributed by atoms with Crippen LogP contribution in [0.4, 0.5) is 0 Å². The fourth-order valence-electron chi connectivity index (χ4n) is 3.11. The van der Waals surface area contributed by atoms with Crippen LogP contribution in [0.3, 0.4) is 0 Å². The van der Waals surface area contributed by atoms with Crippen LogP contribution in [0.1, 0.15) is 5.56 Å². The number of nitrogens with zero attached hydrogens (tertiary/aromatic N) is 3. The predicted molar refractivity (Wildman–Crippen MR) is 115 cm³/mol. The SMILES string of the molecule is COc1ccc(-n2c(O)c(C=NCCN(C)C)c3ccccc3c2=O)cc1OC. The van der Waals surface area contributed by atoms with E-state index in [0.29, 0.717) is 40.1 Å². The first-order valence-corrected chi connectivity index (χ1v) is 9.21. The van der Waals surface area contributed by atoms with Gasteiger partial charge in [0.25, 0.3) is 5.56 Å². The van der Waals surface area contributed by atoms with Gasteiger partial charge in [-0.3, -0.25) is 9.79 Å². The Kier molecular flexibility index (Phi) is 6.19. The molecule has 0 aliphatic heterocycles. The molecule has 7 nitrogen and oxygen atoms in total. The normalized spacial score (nSPS) is 11.5. The van der Waals surface area contributed by atoms with Gasteiger partial charge in [0.2, 0.25) is 5.88 Å². The first kappa shape index (κ1) is 20.4. The summed E-state index contributed by atoms with van der Waals surface area (Å²) in [6.45, 7) is 1.36. The first-order chi connectivity index (χ1) is 14.0. The molecule has 0 aliphatic carbocycles. The third-order valence-corrected chi connectivity index (χ3v) is 4.63. The molecule has 0 atom stereocenters. The number of aromatic hydroxyl groups is 1. The van der Waals surface area contributed by atoms with Gasteiger partial charge in [0, 0.05) is 29.6 Å². The van der Waals surface area contributed by atoms with Crippen molar-refractivity contribution >= 4 is 17.0 Å². The van der Waals surface area contributed by atoms with Gasteiger partial charge in [-0.1, -0.05) is 18.2 Å². The fourth-order valence-corrected chi connectivity index (χ4v) is 3.11. The average Bonchev–Trinajstić information content (AvgIpc) is 2.72. The maximum Gasteiger partial charge on any atom is 0.265 e. The van der Waals surface area contributed by atoms with Gasteiger partial charge in [-0.05, 0) is 32.3 Å². The number of benzene rings is 2. The summed E-state index contributed by atoms with van der Waals surface area (Å²) in [5.74, 6) is 0.829. The van der Waals surface area contributed by atoms with Gasteiger partial charge in [-0.25, -0.2) is 4.57 Å². The van der Waals surface area contributed by atoms with Gasteiger partial charge in [0.1, 0.15) is 0 Å². The monoisotopic (exact) mass is 395 g/mol. The molecule has 152 valence electrons. The van der Waals surface area contributed by atoms with Crippen molar-refractivity contribution in [1.29, 1.82) is 0 Å². The number of pyridine rings is 1. The number of hydrogen-bond donors (Lipinski definition) is 1. The van der Waals surface area contributed by atoms with Gasteiger partial charge in [-0.15, -0.1) is 0 Å². The standard InChI is InChI=1S/C22H25N3O4/c1-24(2)12-11-23-14-18-16-7-5-6-8-17(16)21(26)25(22(18)27)15-9-10-19(28-3)20(13-15)29-4/h5-10,13-14,27H,11-12H2,1-4H3. The summed E-state index contributed by atoms with van der Waals surface area (Å²) < 4.78 is 11.9. The van der Waals surface area contributed by atoms with Gasteiger partial charge in [-0.2, -0.15) is 0 Å². The van der Waals surface area contributed by atoms with E-state index in [-0.39, 0.29) is 11.4 Å². The Morgan fingerprint density at radius 1 is 1.07 bits per heavy atom. The highest BCUT2D eigenvalue weighted by atomic mass is 16.5. The lowest BCUT2D eigenvalue weighted by atomic mass is 10.1. The molecule has 2 aromatic carbocycles. The van der Waals surface area contributed by atoms with Crippen molar-refractivity contribution in [3.05, 3.63) is 58.4 Å². The van der Waals surface area contributed by atoms with Crippen LogP contribution in [-0.4, -0.2) is 62.2 Å². The number of likely N-dealkylation sites (N-methyl/N-ethyl adjacent to an activating group) is 1. The lowest BCUT2D eigenvalue weighted by Gasteiger charge is -2.15. The summed E-state index contributed by atoms with van der Waals surface area (Å²) >= 11 is 0. The van der Waals surface area contributed by atoms with Gasteiger partial charge in [0.05, 0.1) is 32.0 Å². The molecule has 0 amide bonds. The van der Waals surface area contributed by atoms with Crippen molar-refractivity contribution in [2.45, 2.75) is 0 Å². The van der Waals surface area contributed by atoms with E-state index >= 15 is 0 Å². The molecule has 3 rings (SSSR count). The van der Waals surface area contributed by atoms with Crippen LogP contribution >= 0.6 is 0 Å². The molecule has 1 heterocycles. The van der Waals surface area contributed by atoms with E-state index < -0.39 is 0 Å². The van der Waals surface area contributed by atoms with Gasteiger partial charge >= 0.3 is 0 Å². The Bertz CT molecular complexity index is 1100. The smallest absolute Gasteiger partial charge is 0.265 e. The summed E-state index contributed by atoms with van der Waals surface area (Å²) in [7, 11) is 7.01. The van der Waals surface area contributed by atoms with Crippen LogP contribution in [-0.2, 0) is 0 Å². The summed E-state index contributed by atoms with van der Waals surface area (Å²) in [5, 5.41) is 12.2. The van der Waals surface area contributed by atoms with Crippen molar-refractivity contribution in [1.82, 2.24) is 9.47 Å². The minimum absolute atomic E-state index is 0.172. The molecule has 7 heteroatoms. The Hall–Kier alpha value is -3.32. The second-order valence-corrected chi connectivity index (χ2v) is 6.80. The molecule has 29 heavy (non-hydrogen) atoms. The van der Waals surface area contributed by atoms with E-state index in [4.69, 9.17) is 9.47 Å². The molecule has 1 aromatic heterocycles. The second kappa shape index (κ2) is 8.79. The molecule has 0 bridgehead atoms. The Morgan fingerprint density at radius 3 is 2.41 bits per heavy atom. The highest BCUT2D eigenvalue weighted by Gasteiger charge is 2.17. The minimum Gasteiger partial charge on any atom is -0.494 e. The zero-order valence-electron chi connectivity index (χ0n) is 17.0. The summed E-state index contributed by atoms with van der Waals surface area (Å²) in [4.78, 5) is 19.6. The Morgan fingerprint density at radius 2 is 1.76 bits per heavy atom. The quantitative estimate of drug-likeness (QED) is 0.623. The first-order valence-electron chi connectivity index (χ1n) is 9.21. The molecule has 0 saturated carbocycles. The van der Waals surface area contributed by atoms with Crippen molar-refractivity contribution in [2.24, 2.45) is 4.99 Å². The van der Waals surface area contributed by atoms with E-state index in [1.165, 1.54) is 11.7 Å². The largest absolute Gasteiger partial charge is 0.494 e. The summed E-state index contributed by atoms with van der Waals surface area (Å²) in [6.07, 6.45) is 1.62. The predicted octanol–water partition coefficient (Wildman–Crippen LogP) is 2.69. The molecule has 0 unspecified atom stereocenters. The molecule has 1 N–H and O–H groups in total. The van der Waals surface area contributed by atoms with Crippen molar-refractivity contribution < 1.29 is 14.6 Å². The van der Waals surface area contributed by atoms with Gasteiger partial charge in [0.15, 0.2) is 11.5 Å². The maximum absolute atomic E-state index is 13.2. The number of aromatic nitrogens is 1. The third-order valence-electron chi connectivity index (χ3n) is 4.63. The lowest BCUT2D eigenvalue weighted by Crippen LogP contribution is -2.20. The van der Waals surface area contributed by atoms with E-state index in [1.54, 1.807) is 43.7 Å². The summed E-state index contributed by atoms with van der Waals surface area (Å²) in [5.41, 5.74) is 0.642. The molecular formula is C22H25N3O4. The molecule has 0 radical (unpaired) electrons. The topological polar surface area (TPSA) is 76.3 Å². The van der Waals surface area contributed by atoms with E-state index in [0.717, 1.165) is 6.54 Å². The number of ether oxygens (including phenoxy) is 2. The fraction of sp³-hybridized carbons (Fsp3) is 0.273. The number of rotatable bonds is 7. The number of aliphatic imine (C=N–C) groups is 1. The van der Waals surface area contributed by atoms with Crippen LogP contribution < -0.4 is 15.0 Å². The number of methoxy groups -OCH3 is 2. The summed E-state index contributed by atoms with van der Waals surface area (Å²) in [6, 6.07) is 12.2. The van der Waals surface area contributed by atoms with Crippen LogP contribution in [0.25, 0.3) is 16.5 Å². The van der Waals surface area contributed by atoms with Crippen molar-refractivity contribution in [3.63, 3.8) is 0 Å². The maximum atomic E-state index is 13.2. The lowest BCUT2D eigenvalue weighted by molar-refractivity contribution is 0.354. The highest BCUT2D eigenvalue weighted by molar-refractivity contribution is 6.01. The Balaban J connectivity index is 2.22. The molecular weight excluding hydrogens is 370 g/mol. The van der Waals surface area contributed by atoms with Crippen LogP contribution in [0.15, 0.2) is 52.3 Å². The van der Waals surface area contributed by atoms with Crippen molar-refractivity contribution in [2.75, 3.05) is 41.4 Å². The van der Waals surface area contributed by atoms with Crippen LogP contribution in [0.2, 0.25) is 0 Å². The highest BCUT2D eigenvalue weighted by Crippen LogP contribution is 2.32. The molecule has 3 aromatic rings. The molecule has 0 spiro atoms. The Labute approximate surface area is 169 Å². The van der Waals surface area contributed by atoms with E-state index in [9.17, 15) is 9.90 Å². The van der Waals surface area contributed by atoms with E-state index in [2.05, 4.69) is 4.99 Å². The van der Waals surface area contributed by atoms with Crippen LogP contribution in [0, 0.1) is 0 Å². The second-order valence-electron chi connectivity index (χ2n) is 6.80. The molecule has 0 fully saturated rings. The van der Waals surface area contributed by atoms with Crippen molar-refractivity contribution in [3.8, 4) is 23.1 Å². The van der Waals surface area contributed by atoms with Gasteiger partial charge < -0.3 is 19.5 Å². The van der Waals surface area contributed by atoms with Crippen LogP contribution in [0.5, 0.6) is 17.4 Å². The van der Waals surface area contributed by atoms with E-state index in [1.807, 2.05) is 31.1 Å². The number of hydrogen-bond acceptors (Lipinski definition) is 6. The molecule has 0 aliphatic rings. The zero-order chi connectivity index (χ0) is 21.0. The third kappa shape index (κ3) is 4.09.